The van der Waals surface area contributed by atoms with Gasteiger partial charge in [-0.3, -0.25) is 9.52 Å². The Balaban J connectivity index is 2.39. The molecule has 0 spiro atoms. The minimum atomic E-state index is -4.05. The molecule has 0 radical (unpaired) electrons. The van der Waals surface area contributed by atoms with Crippen LogP contribution in [0.1, 0.15) is 0 Å². The van der Waals surface area contributed by atoms with Crippen molar-refractivity contribution in [2.24, 2.45) is 0 Å². The lowest BCUT2D eigenvalue weighted by Gasteiger charge is -2.08. The van der Waals surface area contributed by atoms with Crippen molar-refractivity contribution in [1.82, 2.24) is 4.98 Å². The Bertz CT molecular complexity index is 786. The smallest absolute Gasteiger partial charge is 0.272 e. The molecule has 20 heavy (non-hydrogen) atoms. The van der Waals surface area contributed by atoms with Gasteiger partial charge >= 0.3 is 0 Å². The zero-order valence-corrected chi connectivity index (χ0v) is 11.2. The summed E-state index contributed by atoms with van der Waals surface area (Å²) in [5.41, 5.74) is -0.742. The molecular weight excluding hydrogens is 287 g/mol. The molecule has 0 aliphatic carbocycles. The maximum absolute atomic E-state index is 13.5. The van der Waals surface area contributed by atoms with Crippen molar-refractivity contribution >= 4 is 15.7 Å². The highest BCUT2D eigenvalue weighted by Crippen LogP contribution is 2.21. The number of pyridine rings is 1. The molecular formula is C12H11FN2O4S. The summed E-state index contributed by atoms with van der Waals surface area (Å²) in [6.07, 6.45) is 1.37. The lowest BCUT2D eigenvalue weighted by atomic mass is 10.3. The minimum Gasteiger partial charge on any atom is -0.494 e. The number of sulfonamides is 1. The van der Waals surface area contributed by atoms with E-state index < -0.39 is 21.4 Å². The standard InChI is InChI=1S/C12H11FN2O4S/c1-19-11-5-4-8(7-9(11)13)20(17,18)15-10-3-2-6-14-12(10)16/h2-7,15H,1H3,(H,14,16). The number of nitrogens with one attached hydrogen (secondary N) is 2. The van der Waals surface area contributed by atoms with Crippen LogP contribution in [0.25, 0.3) is 0 Å². The van der Waals surface area contributed by atoms with Gasteiger partial charge in [-0.2, -0.15) is 0 Å². The number of hydrogen-bond donors (Lipinski definition) is 2. The molecule has 0 unspecified atom stereocenters. The summed E-state index contributed by atoms with van der Waals surface area (Å²) < 4.78 is 44.4. The molecule has 0 aliphatic heterocycles. The fourth-order valence-corrected chi connectivity index (χ4v) is 2.59. The third kappa shape index (κ3) is 2.80. The Morgan fingerprint density at radius 2 is 2.05 bits per heavy atom. The van der Waals surface area contributed by atoms with Crippen LogP contribution in [0.15, 0.2) is 46.2 Å². The number of aromatic nitrogens is 1. The van der Waals surface area contributed by atoms with E-state index in [1.54, 1.807) is 0 Å². The summed E-state index contributed by atoms with van der Waals surface area (Å²) >= 11 is 0. The van der Waals surface area contributed by atoms with Crippen molar-refractivity contribution < 1.29 is 17.5 Å². The topological polar surface area (TPSA) is 88.3 Å². The predicted molar refractivity (Wildman–Crippen MR) is 70.8 cm³/mol. The van der Waals surface area contributed by atoms with Gasteiger partial charge in [0.1, 0.15) is 5.69 Å². The van der Waals surface area contributed by atoms with Crippen LogP contribution in [-0.2, 0) is 10.0 Å². The molecule has 0 aliphatic rings. The summed E-state index contributed by atoms with van der Waals surface area (Å²) in [6.45, 7) is 0. The number of rotatable bonds is 4. The molecule has 2 rings (SSSR count). The normalized spacial score (nSPS) is 11.1. The van der Waals surface area contributed by atoms with Crippen LogP contribution in [0.5, 0.6) is 5.75 Å². The van der Waals surface area contributed by atoms with Crippen molar-refractivity contribution in [3.8, 4) is 5.75 Å². The fraction of sp³-hybridized carbons (Fsp3) is 0.0833. The molecule has 2 aromatic rings. The number of hydrogen-bond acceptors (Lipinski definition) is 4. The Hall–Kier alpha value is -2.35. The summed E-state index contributed by atoms with van der Waals surface area (Å²) in [5, 5.41) is 0. The third-order valence-electron chi connectivity index (χ3n) is 2.50. The van der Waals surface area contributed by atoms with E-state index in [1.807, 2.05) is 0 Å². The SMILES string of the molecule is COc1ccc(S(=O)(=O)Nc2ccc[nH]c2=O)cc1F. The molecule has 106 valence electrons. The third-order valence-corrected chi connectivity index (χ3v) is 3.86. The van der Waals surface area contributed by atoms with Gasteiger partial charge < -0.3 is 9.72 Å². The Labute approximate surface area is 114 Å². The molecule has 0 saturated heterocycles. The van der Waals surface area contributed by atoms with Gasteiger partial charge in [-0.05, 0) is 30.3 Å². The maximum Gasteiger partial charge on any atom is 0.272 e. The van der Waals surface area contributed by atoms with E-state index in [9.17, 15) is 17.6 Å². The zero-order chi connectivity index (χ0) is 14.8. The highest BCUT2D eigenvalue weighted by atomic mass is 32.2. The van der Waals surface area contributed by atoms with Crippen molar-refractivity contribution in [3.05, 3.63) is 52.7 Å². The van der Waals surface area contributed by atoms with Gasteiger partial charge in [-0.15, -0.1) is 0 Å². The Morgan fingerprint density at radius 3 is 2.65 bits per heavy atom. The molecule has 1 aromatic carbocycles. The van der Waals surface area contributed by atoms with Crippen LogP contribution >= 0.6 is 0 Å². The first-order chi connectivity index (χ1) is 9.44. The number of benzene rings is 1. The number of methoxy groups -OCH3 is 1. The molecule has 0 bridgehead atoms. The van der Waals surface area contributed by atoms with Crippen LogP contribution in [0, 0.1) is 5.82 Å². The second-order valence-corrected chi connectivity index (χ2v) is 5.50. The van der Waals surface area contributed by atoms with E-state index in [1.165, 1.54) is 37.6 Å². The number of ether oxygens (including phenoxy) is 1. The molecule has 1 heterocycles. The summed E-state index contributed by atoms with van der Waals surface area (Å²) in [7, 11) is -2.78. The molecule has 6 nitrogen and oxygen atoms in total. The van der Waals surface area contributed by atoms with Crippen molar-refractivity contribution in [1.29, 1.82) is 0 Å². The van der Waals surface area contributed by atoms with E-state index in [0.717, 1.165) is 6.07 Å². The molecule has 0 fully saturated rings. The number of H-pyrrole nitrogens is 1. The zero-order valence-electron chi connectivity index (χ0n) is 10.4. The van der Waals surface area contributed by atoms with Crippen LogP contribution in [0.3, 0.4) is 0 Å². The first-order valence-corrected chi connectivity index (χ1v) is 6.96. The van der Waals surface area contributed by atoms with Crippen LogP contribution in [-0.4, -0.2) is 20.5 Å². The Morgan fingerprint density at radius 1 is 1.30 bits per heavy atom. The first-order valence-electron chi connectivity index (χ1n) is 5.48. The highest BCUT2D eigenvalue weighted by Gasteiger charge is 2.17. The summed E-state index contributed by atoms with van der Waals surface area (Å²) in [6, 6.07) is 5.96. The average Bonchev–Trinajstić information content (AvgIpc) is 2.41. The summed E-state index contributed by atoms with van der Waals surface area (Å²) in [5.74, 6) is -0.876. The van der Waals surface area contributed by atoms with Gasteiger partial charge in [-0.25, -0.2) is 12.8 Å². The van der Waals surface area contributed by atoms with Gasteiger partial charge in [0.2, 0.25) is 0 Å². The average molecular weight is 298 g/mol. The molecule has 0 amide bonds. The van der Waals surface area contributed by atoms with Crippen molar-refractivity contribution in [2.45, 2.75) is 4.90 Å². The predicted octanol–water partition coefficient (Wildman–Crippen LogP) is 1.32. The molecule has 1 aromatic heterocycles. The van der Waals surface area contributed by atoms with Crippen LogP contribution in [0.4, 0.5) is 10.1 Å². The van der Waals surface area contributed by atoms with E-state index >= 15 is 0 Å². The van der Waals surface area contributed by atoms with Crippen LogP contribution < -0.4 is 15.0 Å². The van der Waals surface area contributed by atoms with Gasteiger partial charge in [-0.1, -0.05) is 0 Å². The molecule has 8 heteroatoms. The lowest BCUT2D eigenvalue weighted by Crippen LogP contribution is -2.19. The largest absolute Gasteiger partial charge is 0.494 e. The van der Waals surface area contributed by atoms with E-state index in [4.69, 9.17) is 4.74 Å². The van der Waals surface area contributed by atoms with Gasteiger partial charge in [0.25, 0.3) is 15.6 Å². The van der Waals surface area contributed by atoms with Crippen molar-refractivity contribution in [2.75, 3.05) is 11.8 Å². The number of aromatic amines is 1. The lowest BCUT2D eigenvalue weighted by molar-refractivity contribution is 0.385. The Kier molecular flexibility index (Phi) is 3.75. The molecule has 2 N–H and O–H groups in total. The number of halogens is 1. The quantitative estimate of drug-likeness (QED) is 0.891. The second-order valence-electron chi connectivity index (χ2n) is 3.81. The van der Waals surface area contributed by atoms with Gasteiger partial charge in [0.15, 0.2) is 11.6 Å². The summed E-state index contributed by atoms with van der Waals surface area (Å²) in [4.78, 5) is 13.4. The van der Waals surface area contributed by atoms with Gasteiger partial charge in [0, 0.05) is 6.20 Å². The maximum atomic E-state index is 13.5. The molecule has 0 atom stereocenters. The molecule has 0 saturated carbocycles. The monoisotopic (exact) mass is 298 g/mol. The highest BCUT2D eigenvalue weighted by molar-refractivity contribution is 7.92. The number of anilines is 1. The van der Waals surface area contributed by atoms with Gasteiger partial charge in [0.05, 0.1) is 12.0 Å². The van der Waals surface area contributed by atoms with Crippen molar-refractivity contribution in [3.63, 3.8) is 0 Å². The van der Waals surface area contributed by atoms with Crippen LogP contribution in [0.2, 0.25) is 0 Å². The van der Waals surface area contributed by atoms with E-state index in [2.05, 4.69) is 9.71 Å². The second kappa shape index (κ2) is 5.33. The van der Waals surface area contributed by atoms with E-state index in [0.29, 0.717) is 0 Å². The van der Waals surface area contributed by atoms with E-state index in [-0.39, 0.29) is 16.3 Å². The minimum absolute atomic E-state index is 0.0680. The fourth-order valence-electron chi connectivity index (χ4n) is 1.52. The first kappa shape index (κ1) is 14.1.